The number of hydrogen-bond donors (Lipinski definition) is 0. The van der Waals surface area contributed by atoms with E-state index in [1.54, 1.807) is 0 Å². The average molecular weight is 229 g/mol. The van der Waals surface area contributed by atoms with E-state index in [-0.39, 0.29) is 0 Å². The van der Waals surface area contributed by atoms with Gasteiger partial charge in [-0.05, 0) is 35.6 Å². The maximum Gasteiger partial charge on any atom is 0.00369 e. The predicted octanol–water partition coefficient (Wildman–Crippen LogP) is 4.75. The molecule has 0 heterocycles. The summed E-state index contributed by atoms with van der Waals surface area (Å²) < 4.78 is 0. The summed E-state index contributed by atoms with van der Waals surface area (Å²) in [6, 6.07) is 15.3. The Morgan fingerprint density at radius 2 is 1.62 bits per heavy atom. The number of unbranched alkanes of at least 4 members (excludes halogenated alkanes) is 2. The summed E-state index contributed by atoms with van der Waals surface area (Å²) in [5, 5.41) is 2.68. The molecule has 0 aliphatic heterocycles. The molecule has 0 saturated carbocycles. The topological polar surface area (TPSA) is 0 Å². The molecule has 0 spiro atoms. The third kappa shape index (κ3) is 3.02. The van der Waals surface area contributed by atoms with Crippen LogP contribution in [0.3, 0.4) is 0 Å². The second-order valence-electron chi connectivity index (χ2n) is 4.20. The third-order valence-corrected chi connectivity index (χ3v) is 3.21. The van der Waals surface area contributed by atoms with E-state index in [4.69, 9.17) is 12.6 Å². The molecule has 0 N–H and O–H groups in total. The summed E-state index contributed by atoms with van der Waals surface area (Å²) in [5.74, 6) is 0.901. The Labute approximate surface area is 103 Å². The third-order valence-electron chi connectivity index (χ3n) is 2.92. The van der Waals surface area contributed by atoms with Crippen molar-refractivity contribution in [2.75, 3.05) is 5.75 Å². The van der Waals surface area contributed by atoms with Crippen molar-refractivity contribution in [3.05, 3.63) is 48.0 Å². The van der Waals surface area contributed by atoms with E-state index in [1.807, 2.05) is 0 Å². The van der Waals surface area contributed by atoms with E-state index >= 15 is 0 Å². The fraction of sp³-hybridized carbons (Fsp3) is 0.333. The van der Waals surface area contributed by atoms with E-state index in [0.717, 1.165) is 5.75 Å². The van der Waals surface area contributed by atoms with Gasteiger partial charge in [0.15, 0.2) is 0 Å². The molecule has 16 heavy (non-hydrogen) atoms. The molecule has 0 aromatic heterocycles. The summed E-state index contributed by atoms with van der Waals surface area (Å²) in [5.41, 5.74) is 1.45. The van der Waals surface area contributed by atoms with Crippen LogP contribution < -0.4 is 0 Å². The minimum atomic E-state index is 0.901. The highest BCUT2D eigenvalue weighted by Crippen LogP contribution is 2.17. The SMILES string of the molecule is [S]CCCCCc1ccc2ccccc2c1. The molecule has 83 valence electrons. The second kappa shape index (κ2) is 5.95. The van der Waals surface area contributed by atoms with Gasteiger partial charge in [-0.25, -0.2) is 0 Å². The van der Waals surface area contributed by atoms with Crippen molar-refractivity contribution in [1.29, 1.82) is 0 Å². The Balaban J connectivity index is 2.02. The molecule has 1 heteroatoms. The molecule has 0 atom stereocenters. The highest BCUT2D eigenvalue weighted by atomic mass is 32.1. The van der Waals surface area contributed by atoms with Crippen molar-refractivity contribution in [3.63, 3.8) is 0 Å². The van der Waals surface area contributed by atoms with Crippen molar-refractivity contribution in [2.24, 2.45) is 0 Å². The van der Waals surface area contributed by atoms with Crippen LogP contribution in [0.1, 0.15) is 24.8 Å². The summed E-state index contributed by atoms with van der Waals surface area (Å²) >= 11 is 4.95. The highest BCUT2D eigenvalue weighted by Gasteiger charge is 1.96. The summed E-state index contributed by atoms with van der Waals surface area (Å²) in [4.78, 5) is 0. The fourth-order valence-corrected chi connectivity index (χ4v) is 2.21. The van der Waals surface area contributed by atoms with E-state index < -0.39 is 0 Å². The van der Waals surface area contributed by atoms with Crippen LogP contribution in [-0.2, 0) is 6.42 Å². The first kappa shape index (κ1) is 11.5. The zero-order valence-corrected chi connectivity index (χ0v) is 10.3. The molecule has 0 bridgehead atoms. The van der Waals surface area contributed by atoms with Gasteiger partial charge in [0.25, 0.3) is 0 Å². The molecule has 1 radical (unpaired) electrons. The second-order valence-corrected chi connectivity index (χ2v) is 4.60. The number of benzene rings is 2. The largest absolute Gasteiger partial charge is 0.0942 e. The zero-order chi connectivity index (χ0) is 11.2. The predicted molar refractivity (Wildman–Crippen MR) is 74.0 cm³/mol. The molecular weight excluding hydrogens is 212 g/mol. The molecule has 2 aromatic carbocycles. The zero-order valence-electron chi connectivity index (χ0n) is 9.49. The molecule has 0 saturated heterocycles. The van der Waals surface area contributed by atoms with Crippen LogP contribution >= 0.6 is 12.6 Å². The number of fused-ring (bicyclic) bond motifs is 1. The lowest BCUT2D eigenvalue weighted by atomic mass is 10.0. The first-order valence-corrected chi connectivity index (χ1v) is 6.53. The first-order valence-electron chi connectivity index (χ1n) is 5.96. The normalized spacial score (nSPS) is 10.8. The van der Waals surface area contributed by atoms with Crippen LogP contribution in [0.25, 0.3) is 10.8 Å². The molecule has 0 aliphatic rings. The van der Waals surface area contributed by atoms with E-state index in [2.05, 4.69) is 42.5 Å². The number of rotatable bonds is 5. The maximum absolute atomic E-state index is 4.95. The minimum Gasteiger partial charge on any atom is -0.0942 e. The number of aryl methyl sites for hydroxylation is 1. The molecule has 0 amide bonds. The van der Waals surface area contributed by atoms with Crippen LogP contribution in [0.2, 0.25) is 0 Å². The van der Waals surface area contributed by atoms with Gasteiger partial charge in [-0.2, -0.15) is 0 Å². The van der Waals surface area contributed by atoms with Gasteiger partial charge in [0.05, 0.1) is 0 Å². The quantitative estimate of drug-likeness (QED) is 0.649. The number of hydrogen-bond acceptors (Lipinski definition) is 0. The Hall–Kier alpha value is -0.950. The van der Waals surface area contributed by atoms with Crippen LogP contribution in [0, 0.1) is 0 Å². The Kier molecular flexibility index (Phi) is 4.29. The fourth-order valence-electron chi connectivity index (χ4n) is 2.00. The monoisotopic (exact) mass is 229 g/mol. The molecule has 0 unspecified atom stereocenters. The lowest BCUT2D eigenvalue weighted by molar-refractivity contribution is 0.723. The van der Waals surface area contributed by atoms with E-state index in [1.165, 1.54) is 42.0 Å². The van der Waals surface area contributed by atoms with Gasteiger partial charge < -0.3 is 0 Å². The van der Waals surface area contributed by atoms with Gasteiger partial charge in [-0.3, -0.25) is 0 Å². The molecule has 0 nitrogen and oxygen atoms in total. The lowest BCUT2D eigenvalue weighted by Gasteiger charge is -2.03. The summed E-state index contributed by atoms with van der Waals surface area (Å²) in [7, 11) is 0. The maximum atomic E-state index is 4.95. The van der Waals surface area contributed by atoms with E-state index in [9.17, 15) is 0 Å². The van der Waals surface area contributed by atoms with Gasteiger partial charge >= 0.3 is 0 Å². The average Bonchev–Trinajstić information content (AvgIpc) is 2.34. The van der Waals surface area contributed by atoms with Crippen molar-refractivity contribution in [1.82, 2.24) is 0 Å². The van der Waals surface area contributed by atoms with Gasteiger partial charge in [0.1, 0.15) is 0 Å². The van der Waals surface area contributed by atoms with E-state index in [0.29, 0.717) is 0 Å². The minimum absolute atomic E-state index is 0.901. The van der Waals surface area contributed by atoms with Gasteiger partial charge in [-0.15, -0.1) is 0 Å². The lowest BCUT2D eigenvalue weighted by Crippen LogP contribution is -1.86. The molecule has 0 fully saturated rings. The molecular formula is C15H17S. The smallest absolute Gasteiger partial charge is 0.00369 e. The summed E-state index contributed by atoms with van der Waals surface area (Å²) in [6.07, 6.45) is 4.88. The van der Waals surface area contributed by atoms with Gasteiger partial charge in [0, 0.05) is 5.75 Å². The van der Waals surface area contributed by atoms with Crippen LogP contribution in [0.15, 0.2) is 42.5 Å². The van der Waals surface area contributed by atoms with Crippen LogP contribution in [-0.4, -0.2) is 5.75 Å². The Bertz CT molecular complexity index is 448. The Morgan fingerprint density at radius 3 is 2.44 bits per heavy atom. The standard InChI is InChI=1S/C15H17S/c16-11-5-1-2-6-13-9-10-14-7-3-4-8-15(14)12-13/h3-4,7-10,12H,1-2,5-6,11H2. The summed E-state index contributed by atoms with van der Waals surface area (Å²) in [6.45, 7) is 0. The van der Waals surface area contributed by atoms with Crippen molar-refractivity contribution >= 4 is 23.4 Å². The Morgan fingerprint density at radius 1 is 0.812 bits per heavy atom. The molecule has 2 aromatic rings. The van der Waals surface area contributed by atoms with Crippen molar-refractivity contribution < 1.29 is 0 Å². The van der Waals surface area contributed by atoms with Crippen LogP contribution in [0.4, 0.5) is 0 Å². The van der Waals surface area contributed by atoms with Crippen molar-refractivity contribution in [3.8, 4) is 0 Å². The molecule has 0 aliphatic carbocycles. The van der Waals surface area contributed by atoms with Gasteiger partial charge in [-0.1, -0.05) is 61.5 Å². The molecule has 2 rings (SSSR count). The highest BCUT2D eigenvalue weighted by molar-refractivity contribution is 7.80. The van der Waals surface area contributed by atoms with Crippen LogP contribution in [0.5, 0.6) is 0 Å². The van der Waals surface area contributed by atoms with Gasteiger partial charge in [0.2, 0.25) is 0 Å². The van der Waals surface area contributed by atoms with Crippen molar-refractivity contribution in [2.45, 2.75) is 25.7 Å². The first-order chi connectivity index (χ1) is 7.90.